The second kappa shape index (κ2) is 9.54. The number of nitrogens with one attached hydrogen (secondary N) is 1. The second-order valence-electron chi connectivity index (χ2n) is 9.88. The predicted octanol–water partition coefficient (Wildman–Crippen LogP) is 3.97. The van der Waals surface area contributed by atoms with Gasteiger partial charge in [-0.2, -0.15) is 0 Å². The molecule has 2 aliphatic rings. The molecule has 2 atom stereocenters. The van der Waals surface area contributed by atoms with Crippen LogP contribution in [0.3, 0.4) is 0 Å². The molecule has 4 rings (SSSR count). The molecule has 1 N–H and O–H groups in total. The van der Waals surface area contributed by atoms with Crippen LogP contribution in [0.2, 0.25) is 0 Å². The average Bonchev–Trinajstić information content (AvgIpc) is 3.10. The molecule has 0 amide bonds. The van der Waals surface area contributed by atoms with E-state index in [1.807, 2.05) is 26.8 Å². The van der Waals surface area contributed by atoms with Gasteiger partial charge in [0.25, 0.3) is 0 Å². The Labute approximate surface area is 211 Å². The highest BCUT2D eigenvalue weighted by molar-refractivity contribution is 9.10. The summed E-state index contributed by atoms with van der Waals surface area (Å²) in [5.74, 6) is 0.823. The molecular formula is C24H31BrN4O4S. The molecule has 1 fully saturated rings. The fourth-order valence-corrected chi connectivity index (χ4v) is 6.09. The van der Waals surface area contributed by atoms with Crippen LogP contribution in [0.25, 0.3) is 0 Å². The number of benzene rings is 1. The number of carbonyl (C=O) groups is 1. The van der Waals surface area contributed by atoms with Crippen LogP contribution in [0.1, 0.15) is 61.3 Å². The minimum atomic E-state index is -1.22. The van der Waals surface area contributed by atoms with Crippen LogP contribution in [-0.2, 0) is 22.1 Å². The minimum Gasteiger partial charge on any atom is -0.497 e. The summed E-state index contributed by atoms with van der Waals surface area (Å²) in [4.78, 5) is 23.2. The lowest BCUT2D eigenvalue weighted by Gasteiger charge is -2.44. The maximum atomic E-state index is 13.2. The van der Waals surface area contributed by atoms with Crippen molar-refractivity contribution in [2.75, 3.05) is 32.2 Å². The molecule has 1 unspecified atom stereocenters. The first-order chi connectivity index (χ1) is 16.1. The van der Waals surface area contributed by atoms with Gasteiger partial charge in [-0.3, -0.25) is 0 Å². The number of carbonyl (C=O) groups excluding carboxylic acids is 1. The minimum absolute atomic E-state index is 0.0594. The fourth-order valence-electron chi connectivity index (χ4n) is 4.87. The largest absolute Gasteiger partial charge is 0.497 e. The Morgan fingerprint density at radius 1 is 1.26 bits per heavy atom. The summed E-state index contributed by atoms with van der Waals surface area (Å²) in [6, 6.07) is 6.13. The van der Waals surface area contributed by atoms with Gasteiger partial charge in [0, 0.05) is 13.1 Å². The topological polar surface area (TPSA) is 93.7 Å². The molecule has 34 heavy (non-hydrogen) atoms. The zero-order chi connectivity index (χ0) is 24.7. The van der Waals surface area contributed by atoms with Crippen molar-refractivity contribution in [1.29, 1.82) is 0 Å². The molecule has 1 spiro atoms. The highest BCUT2D eigenvalue weighted by Gasteiger charge is 2.49. The van der Waals surface area contributed by atoms with E-state index in [2.05, 4.69) is 47.7 Å². The van der Waals surface area contributed by atoms with Crippen molar-refractivity contribution >= 4 is 38.7 Å². The van der Waals surface area contributed by atoms with E-state index in [-0.39, 0.29) is 21.9 Å². The number of fused-ring (bicyclic) bond motifs is 1. The third-order valence-corrected chi connectivity index (χ3v) is 8.71. The number of nitrogens with zero attached hydrogens (tertiary/aromatic N) is 3. The lowest BCUT2D eigenvalue weighted by molar-refractivity contribution is 0.0593. The van der Waals surface area contributed by atoms with Crippen molar-refractivity contribution in [3.63, 3.8) is 0 Å². The van der Waals surface area contributed by atoms with Gasteiger partial charge in [0.2, 0.25) is 0 Å². The van der Waals surface area contributed by atoms with Crippen molar-refractivity contribution in [2.24, 2.45) is 5.41 Å². The van der Waals surface area contributed by atoms with Gasteiger partial charge in [-0.05, 0) is 84.6 Å². The maximum Gasteiger partial charge on any atom is 0.360 e. The average molecular weight is 552 g/mol. The molecule has 1 aromatic carbocycles. The lowest BCUT2D eigenvalue weighted by Crippen LogP contribution is -2.48. The van der Waals surface area contributed by atoms with E-state index in [1.165, 1.54) is 12.7 Å². The van der Waals surface area contributed by atoms with E-state index >= 15 is 0 Å². The Morgan fingerprint density at radius 3 is 2.59 bits per heavy atom. The summed E-state index contributed by atoms with van der Waals surface area (Å²) < 4.78 is 27.2. The zero-order valence-electron chi connectivity index (χ0n) is 20.2. The molecule has 1 aromatic heterocycles. The number of aromatic nitrogens is 2. The Balaban J connectivity index is 1.63. The van der Waals surface area contributed by atoms with E-state index in [0.29, 0.717) is 23.5 Å². The molecule has 2 aromatic rings. The van der Waals surface area contributed by atoms with Gasteiger partial charge < -0.3 is 14.4 Å². The van der Waals surface area contributed by atoms with Gasteiger partial charge in [-0.1, -0.05) is 6.07 Å². The van der Waals surface area contributed by atoms with Crippen LogP contribution in [0.15, 0.2) is 29.0 Å². The number of hydrogen-bond acceptors (Lipinski definition) is 7. The highest BCUT2D eigenvalue weighted by atomic mass is 79.9. The number of rotatable bonds is 5. The third-order valence-electron chi connectivity index (χ3n) is 6.76. The van der Waals surface area contributed by atoms with Crippen molar-refractivity contribution < 1.29 is 18.5 Å². The van der Waals surface area contributed by atoms with Crippen LogP contribution in [0, 0.1) is 5.41 Å². The van der Waals surface area contributed by atoms with E-state index in [0.717, 1.165) is 30.6 Å². The normalized spacial score (nSPS) is 20.2. The Morgan fingerprint density at radius 2 is 1.97 bits per heavy atom. The number of hydrogen-bond donors (Lipinski definition) is 1. The molecule has 0 bridgehead atoms. The first kappa shape index (κ1) is 25.1. The van der Waals surface area contributed by atoms with Crippen LogP contribution in [0.5, 0.6) is 5.75 Å². The molecule has 1 saturated heterocycles. The molecule has 0 saturated carbocycles. The van der Waals surface area contributed by atoms with E-state index in [4.69, 9.17) is 9.47 Å². The Bertz CT molecular complexity index is 1110. The Kier molecular flexibility index (Phi) is 7.04. The standard InChI is InChI=1S/C24H31BrN4O4S/c1-23(2,3)34(31)28-20-17-12-16(32-4)7-6-15(17)13-24(20)8-10-29(11-9-24)21-19(22(30)33-5)27-18(25)14-26-21/h6-7,12,14,20,28H,8-11,13H2,1-5H3/t20-,34?/m1/s1. The molecule has 10 heteroatoms. The quantitative estimate of drug-likeness (QED) is 0.563. The summed E-state index contributed by atoms with van der Waals surface area (Å²) in [6.07, 6.45) is 4.19. The summed E-state index contributed by atoms with van der Waals surface area (Å²) in [6.45, 7) is 7.34. The number of ether oxygens (including phenoxy) is 2. The van der Waals surface area contributed by atoms with E-state index in [1.54, 1.807) is 13.3 Å². The van der Waals surface area contributed by atoms with Crippen LogP contribution < -0.4 is 14.4 Å². The Hall–Kier alpha value is -2.04. The SMILES string of the molecule is COC(=O)c1nc(Br)cnc1N1CCC2(CC1)Cc1ccc(OC)cc1[C@H]2NS(=O)C(C)(C)C. The van der Waals surface area contributed by atoms with Gasteiger partial charge in [0.1, 0.15) is 10.4 Å². The van der Waals surface area contributed by atoms with Gasteiger partial charge >= 0.3 is 5.97 Å². The predicted molar refractivity (Wildman–Crippen MR) is 135 cm³/mol. The molecule has 8 nitrogen and oxygen atoms in total. The fraction of sp³-hybridized carbons (Fsp3) is 0.542. The number of esters is 1. The van der Waals surface area contributed by atoms with Crippen molar-refractivity contribution in [2.45, 2.75) is 50.8 Å². The highest BCUT2D eigenvalue weighted by Crippen LogP contribution is 2.53. The van der Waals surface area contributed by atoms with E-state index in [9.17, 15) is 9.00 Å². The van der Waals surface area contributed by atoms with Crippen LogP contribution >= 0.6 is 15.9 Å². The van der Waals surface area contributed by atoms with Gasteiger partial charge in [-0.25, -0.2) is 23.7 Å². The summed E-state index contributed by atoms with van der Waals surface area (Å²) in [5.41, 5.74) is 2.52. The molecule has 2 heterocycles. The van der Waals surface area contributed by atoms with Gasteiger partial charge in [-0.15, -0.1) is 0 Å². The van der Waals surface area contributed by atoms with Crippen molar-refractivity contribution in [1.82, 2.24) is 14.7 Å². The first-order valence-electron chi connectivity index (χ1n) is 11.3. The lowest BCUT2D eigenvalue weighted by atomic mass is 9.73. The van der Waals surface area contributed by atoms with Crippen LogP contribution in [-0.4, -0.2) is 52.2 Å². The maximum absolute atomic E-state index is 13.2. The van der Waals surface area contributed by atoms with Crippen molar-refractivity contribution in [3.8, 4) is 5.75 Å². The van der Waals surface area contributed by atoms with Gasteiger partial charge in [0.05, 0.1) is 42.2 Å². The van der Waals surface area contributed by atoms with Gasteiger partial charge in [0.15, 0.2) is 11.5 Å². The second-order valence-corrected chi connectivity index (χ2v) is 12.7. The number of piperidine rings is 1. The molecule has 1 aliphatic heterocycles. The number of methoxy groups -OCH3 is 2. The number of halogens is 1. The molecule has 184 valence electrons. The summed E-state index contributed by atoms with van der Waals surface area (Å²) in [5, 5.41) is 0. The molecule has 0 radical (unpaired) electrons. The monoisotopic (exact) mass is 550 g/mol. The van der Waals surface area contributed by atoms with Crippen molar-refractivity contribution in [3.05, 3.63) is 45.8 Å². The smallest absolute Gasteiger partial charge is 0.360 e. The molecule has 1 aliphatic carbocycles. The first-order valence-corrected chi connectivity index (χ1v) is 13.2. The number of anilines is 1. The summed E-state index contributed by atoms with van der Waals surface area (Å²) >= 11 is 3.29. The molecular weight excluding hydrogens is 520 g/mol. The van der Waals surface area contributed by atoms with E-state index < -0.39 is 17.0 Å². The third kappa shape index (κ3) is 4.72. The zero-order valence-corrected chi connectivity index (χ0v) is 22.6. The van der Waals surface area contributed by atoms with Crippen LogP contribution in [0.4, 0.5) is 5.82 Å². The summed E-state index contributed by atoms with van der Waals surface area (Å²) in [7, 11) is 1.79.